The summed E-state index contributed by atoms with van der Waals surface area (Å²) in [6.07, 6.45) is 3.75. The summed E-state index contributed by atoms with van der Waals surface area (Å²) in [5.41, 5.74) is 18.2. The quantitative estimate of drug-likeness (QED) is 0.163. The second-order valence-corrected chi connectivity index (χ2v) is 15.0. The summed E-state index contributed by atoms with van der Waals surface area (Å²) in [4.78, 5) is 9.49. The van der Waals surface area contributed by atoms with Crippen LogP contribution >= 0.6 is 0 Å². The van der Waals surface area contributed by atoms with Crippen LogP contribution in [-0.4, -0.2) is 14.5 Å². The fraction of sp³-hybridized carbons (Fsp3) is 0.0182. The van der Waals surface area contributed by atoms with Gasteiger partial charge in [0.05, 0.1) is 16.4 Å². The maximum absolute atomic E-state index is 5.11. The van der Waals surface area contributed by atoms with Crippen LogP contribution in [0, 0.1) is 0 Å². The van der Waals surface area contributed by atoms with E-state index in [-0.39, 0.29) is 0 Å². The van der Waals surface area contributed by atoms with Crippen molar-refractivity contribution < 1.29 is 0 Å². The lowest BCUT2D eigenvalue weighted by Crippen LogP contribution is -2.28. The summed E-state index contributed by atoms with van der Waals surface area (Å²) in [6, 6.07) is 76.9. The lowest BCUT2D eigenvalue weighted by molar-refractivity contribution is 0.769. The molecule has 1 aliphatic carbocycles. The maximum atomic E-state index is 5.11. The van der Waals surface area contributed by atoms with Gasteiger partial charge >= 0.3 is 0 Å². The van der Waals surface area contributed by atoms with Crippen molar-refractivity contribution in [2.45, 2.75) is 5.41 Å². The Bertz CT molecular complexity index is 3020. The number of fused-ring (bicyclic) bond motifs is 4. The Morgan fingerprint density at radius 3 is 1.64 bits per heavy atom. The van der Waals surface area contributed by atoms with Gasteiger partial charge in [-0.1, -0.05) is 170 Å². The zero-order valence-electron chi connectivity index (χ0n) is 31.7. The summed E-state index contributed by atoms with van der Waals surface area (Å²) in [5.74, 6) is 0.927. The summed E-state index contributed by atoms with van der Waals surface area (Å²) in [6.45, 7) is 0. The van der Waals surface area contributed by atoms with Crippen LogP contribution < -0.4 is 0 Å². The summed E-state index contributed by atoms with van der Waals surface area (Å²) in [7, 11) is 0. The molecular weight excluding hydrogens is 703 g/mol. The Morgan fingerprint density at radius 2 is 0.948 bits per heavy atom. The van der Waals surface area contributed by atoms with Gasteiger partial charge in [0, 0.05) is 23.6 Å². The molecule has 0 atom stereocenters. The minimum Gasteiger partial charge on any atom is -0.292 e. The van der Waals surface area contributed by atoms with Crippen molar-refractivity contribution in [1.82, 2.24) is 14.5 Å². The van der Waals surface area contributed by atoms with Crippen LogP contribution in [0.1, 0.15) is 22.3 Å². The molecule has 0 aliphatic heterocycles. The van der Waals surface area contributed by atoms with Crippen LogP contribution in [0.5, 0.6) is 0 Å². The summed E-state index contributed by atoms with van der Waals surface area (Å²) in [5, 5.41) is 0. The molecule has 0 spiro atoms. The van der Waals surface area contributed by atoms with Gasteiger partial charge in [-0.25, -0.2) is 4.98 Å². The molecule has 8 aromatic carbocycles. The van der Waals surface area contributed by atoms with Crippen LogP contribution in [0.3, 0.4) is 0 Å². The number of hydrogen-bond acceptors (Lipinski definition) is 2. The number of benzene rings is 8. The molecular formula is C55H37N3. The van der Waals surface area contributed by atoms with Gasteiger partial charge in [0.1, 0.15) is 5.82 Å². The molecule has 3 nitrogen and oxygen atoms in total. The second-order valence-electron chi connectivity index (χ2n) is 15.0. The normalized spacial score (nSPS) is 12.6. The van der Waals surface area contributed by atoms with Gasteiger partial charge in [-0.05, 0) is 109 Å². The molecule has 1 aliphatic rings. The van der Waals surface area contributed by atoms with Crippen LogP contribution in [0.15, 0.2) is 225 Å². The van der Waals surface area contributed by atoms with Crippen molar-refractivity contribution in [3.63, 3.8) is 0 Å². The first-order valence-corrected chi connectivity index (χ1v) is 19.8. The standard InChI is InChI=1S/C55H37N3/c1-4-15-41(16-5-1)54-57-52-24-12-13-25-53(52)58(54)45-32-30-40(31-33-45)47-35-49-46-22-10-11-23-50(46)55(43-18-6-2-7-19-43,44-20-8-3-9-21-44)51(49)36-48(47)39-28-26-38(27-29-39)42-17-14-34-56-37-42/h1-37H. The molecule has 0 unspecified atom stereocenters. The number of imidazole rings is 1. The largest absolute Gasteiger partial charge is 0.292 e. The zero-order chi connectivity index (χ0) is 38.5. The highest BCUT2D eigenvalue weighted by Gasteiger charge is 2.46. The predicted octanol–water partition coefficient (Wildman–Crippen LogP) is 13.5. The van der Waals surface area contributed by atoms with Gasteiger partial charge in [0.15, 0.2) is 0 Å². The molecule has 0 saturated heterocycles. The summed E-state index contributed by atoms with van der Waals surface area (Å²) >= 11 is 0. The molecule has 2 heterocycles. The van der Waals surface area contributed by atoms with E-state index in [1.165, 1.54) is 44.5 Å². The van der Waals surface area contributed by atoms with E-state index in [4.69, 9.17) is 4.98 Å². The van der Waals surface area contributed by atoms with E-state index in [9.17, 15) is 0 Å². The topological polar surface area (TPSA) is 30.7 Å². The highest BCUT2D eigenvalue weighted by molar-refractivity contribution is 5.95. The third-order valence-corrected chi connectivity index (χ3v) is 11.8. The van der Waals surface area contributed by atoms with Crippen molar-refractivity contribution in [3.05, 3.63) is 247 Å². The number of hydrogen-bond donors (Lipinski definition) is 0. The molecule has 272 valence electrons. The van der Waals surface area contributed by atoms with Crippen LogP contribution in [0.25, 0.3) is 72.6 Å². The molecule has 0 saturated carbocycles. The molecule has 0 fully saturated rings. The average Bonchev–Trinajstić information content (AvgIpc) is 3.84. The lowest BCUT2D eigenvalue weighted by atomic mass is 9.67. The average molecular weight is 740 g/mol. The second kappa shape index (κ2) is 13.8. The van der Waals surface area contributed by atoms with E-state index in [0.717, 1.165) is 50.4 Å². The van der Waals surface area contributed by atoms with Crippen LogP contribution in [0.4, 0.5) is 0 Å². The monoisotopic (exact) mass is 739 g/mol. The molecule has 10 aromatic rings. The molecule has 0 amide bonds. The third-order valence-electron chi connectivity index (χ3n) is 11.8. The smallest absolute Gasteiger partial charge is 0.145 e. The van der Waals surface area contributed by atoms with Crippen LogP contribution in [-0.2, 0) is 5.41 Å². The van der Waals surface area contributed by atoms with Gasteiger partial charge < -0.3 is 0 Å². The highest BCUT2D eigenvalue weighted by atomic mass is 15.1. The molecule has 11 rings (SSSR count). The summed E-state index contributed by atoms with van der Waals surface area (Å²) < 4.78 is 2.28. The van der Waals surface area contributed by atoms with Crippen molar-refractivity contribution in [2.24, 2.45) is 0 Å². The van der Waals surface area contributed by atoms with Gasteiger partial charge in [0.2, 0.25) is 0 Å². The maximum Gasteiger partial charge on any atom is 0.145 e. The van der Waals surface area contributed by atoms with Crippen molar-refractivity contribution in [2.75, 3.05) is 0 Å². The Hall–Kier alpha value is -7.62. The minimum absolute atomic E-state index is 0.502. The Morgan fingerprint density at radius 1 is 0.379 bits per heavy atom. The lowest BCUT2D eigenvalue weighted by Gasteiger charge is -2.34. The van der Waals surface area contributed by atoms with Crippen molar-refractivity contribution in [1.29, 1.82) is 0 Å². The highest BCUT2D eigenvalue weighted by Crippen LogP contribution is 2.58. The molecule has 0 radical (unpaired) electrons. The first kappa shape index (κ1) is 33.7. The number of aromatic nitrogens is 3. The van der Waals surface area contributed by atoms with Gasteiger partial charge in [-0.15, -0.1) is 0 Å². The van der Waals surface area contributed by atoms with E-state index in [2.05, 4.69) is 210 Å². The first-order valence-electron chi connectivity index (χ1n) is 19.8. The fourth-order valence-electron chi connectivity index (χ4n) is 9.20. The number of rotatable bonds is 7. The predicted molar refractivity (Wildman–Crippen MR) is 238 cm³/mol. The Balaban J connectivity index is 1.14. The van der Waals surface area contributed by atoms with E-state index in [0.29, 0.717) is 0 Å². The molecule has 0 bridgehead atoms. The van der Waals surface area contributed by atoms with E-state index in [1.807, 2.05) is 24.5 Å². The Kier molecular flexibility index (Phi) is 8.04. The first-order chi connectivity index (χ1) is 28.8. The van der Waals surface area contributed by atoms with Gasteiger partial charge in [-0.2, -0.15) is 0 Å². The third kappa shape index (κ3) is 5.36. The van der Waals surface area contributed by atoms with Crippen molar-refractivity contribution in [3.8, 4) is 61.6 Å². The van der Waals surface area contributed by atoms with E-state index in [1.54, 1.807) is 0 Å². The zero-order valence-corrected chi connectivity index (χ0v) is 31.7. The van der Waals surface area contributed by atoms with E-state index < -0.39 is 5.41 Å². The minimum atomic E-state index is -0.502. The Labute approximate surface area is 338 Å². The van der Waals surface area contributed by atoms with Gasteiger partial charge in [-0.3, -0.25) is 9.55 Å². The fourth-order valence-corrected chi connectivity index (χ4v) is 9.20. The number of pyridine rings is 1. The van der Waals surface area contributed by atoms with Crippen molar-refractivity contribution >= 4 is 11.0 Å². The SMILES string of the molecule is c1ccc(-c2nc3ccccc3n2-c2ccc(-c3cc4c(cc3-c3ccc(-c5cccnc5)cc3)C(c3ccccc3)(c3ccccc3)c3ccccc3-4)cc2)cc1. The molecule has 0 N–H and O–H groups in total. The molecule has 2 aromatic heterocycles. The molecule has 3 heteroatoms. The van der Waals surface area contributed by atoms with Crippen LogP contribution in [0.2, 0.25) is 0 Å². The molecule has 58 heavy (non-hydrogen) atoms. The van der Waals surface area contributed by atoms with Gasteiger partial charge in [0.25, 0.3) is 0 Å². The van der Waals surface area contributed by atoms with E-state index >= 15 is 0 Å². The number of para-hydroxylation sites is 2. The number of nitrogens with zero attached hydrogens (tertiary/aromatic N) is 3.